The second-order valence-corrected chi connectivity index (χ2v) is 8.59. The minimum atomic E-state index is -0.630. The van der Waals surface area contributed by atoms with Crippen LogP contribution in [0, 0.1) is 12.7 Å². The normalized spacial score (nSPS) is 10.7. The van der Waals surface area contributed by atoms with Crippen molar-refractivity contribution >= 4 is 17.6 Å². The molecule has 1 amide bonds. The molecule has 4 aromatic rings. The lowest BCUT2D eigenvalue weighted by atomic mass is 10.0. The Kier molecular flexibility index (Phi) is 8.11. The maximum atomic E-state index is 14.7. The molecule has 1 heterocycles. The molecule has 0 saturated heterocycles. The van der Waals surface area contributed by atoms with Gasteiger partial charge in [0.25, 0.3) is 5.91 Å². The van der Waals surface area contributed by atoms with E-state index in [2.05, 4.69) is 5.32 Å². The number of benzene rings is 3. The third-order valence-corrected chi connectivity index (χ3v) is 6.20. The summed E-state index contributed by atoms with van der Waals surface area (Å²) in [5.41, 5.74) is 3.61. The van der Waals surface area contributed by atoms with Gasteiger partial charge in [-0.05, 0) is 61.9 Å². The van der Waals surface area contributed by atoms with E-state index in [4.69, 9.17) is 14.2 Å². The Balaban J connectivity index is 1.56. The number of methoxy groups -OCH3 is 1. The average molecular weight is 517 g/mol. The number of anilines is 1. The number of rotatable bonds is 9. The van der Waals surface area contributed by atoms with E-state index in [0.29, 0.717) is 40.6 Å². The molecular formula is C30H29FN2O5. The van der Waals surface area contributed by atoms with Crippen LogP contribution in [0.3, 0.4) is 0 Å². The fraction of sp³-hybridized carbons (Fsp3) is 0.200. The van der Waals surface area contributed by atoms with Gasteiger partial charge in [-0.1, -0.05) is 30.3 Å². The maximum absolute atomic E-state index is 14.7. The van der Waals surface area contributed by atoms with Crippen LogP contribution in [0.1, 0.15) is 38.9 Å². The van der Waals surface area contributed by atoms with Gasteiger partial charge in [0, 0.05) is 29.7 Å². The molecule has 0 saturated carbocycles. The first-order valence-electron chi connectivity index (χ1n) is 12.1. The van der Waals surface area contributed by atoms with Gasteiger partial charge in [0.05, 0.1) is 24.8 Å². The Bertz CT molecular complexity index is 1450. The molecule has 38 heavy (non-hydrogen) atoms. The average Bonchev–Trinajstić information content (AvgIpc) is 3.22. The topological polar surface area (TPSA) is 78.8 Å². The molecule has 1 aromatic heterocycles. The number of esters is 1. The number of nitrogens with zero attached hydrogens (tertiary/aromatic N) is 1. The molecule has 0 aliphatic rings. The number of amides is 1. The van der Waals surface area contributed by atoms with E-state index < -0.39 is 11.8 Å². The monoisotopic (exact) mass is 516 g/mol. The van der Waals surface area contributed by atoms with Gasteiger partial charge in [-0.25, -0.2) is 9.18 Å². The van der Waals surface area contributed by atoms with Crippen LogP contribution in [-0.2, 0) is 18.4 Å². The van der Waals surface area contributed by atoms with Gasteiger partial charge >= 0.3 is 5.97 Å². The van der Waals surface area contributed by atoms with Crippen LogP contribution in [0.5, 0.6) is 11.5 Å². The summed E-state index contributed by atoms with van der Waals surface area (Å²) in [4.78, 5) is 25.8. The Morgan fingerprint density at radius 2 is 1.68 bits per heavy atom. The molecule has 4 rings (SSSR count). The summed E-state index contributed by atoms with van der Waals surface area (Å²) in [6.45, 7) is 4.07. The predicted octanol–water partition coefficient (Wildman–Crippen LogP) is 6.16. The molecule has 0 atom stereocenters. The highest BCUT2D eigenvalue weighted by molar-refractivity contribution is 6.06. The Morgan fingerprint density at radius 1 is 0.974 bits per heavy atom. The summed E-state index contributed by atoms with van der Waals surface area (Å²) in [5, 5.41) is 2.89. The van der Waals surface area contributed by atoms with Gasteiger partial charge < -0.3 is 24.1 Å². The van der Waals surface area contributed by atoms with Crippen molar-refractivity contribution in [1.29, 1.82) is 0 Å². The van der Waals surface area contributed by atoms with E-state index in [1.807, 2.05) is 30.3 Å². The van der Waals surface area contributed by atoms with Crippen molar-refractivity contribution in [2.45, 2.75) is 20.5 Å². The van der Waals surface area contributed by atoms with E-state index in [9.17, 15) is 14.0 Å². The summed E-state index contributed by atoms with van der Waals surface area (Å²) in [6, 6.07) is 21.1. The number of nitrogens with one attached hydrogen (secondary N) is 1. The minimum Gasteiger partial charge on any atom is -0.494 e. The lowest BCUT2D eigenvalue weighted by molar-refractivity contribution is 0.0526. The summed E-state index contributed by atoms with van der Waals surface area (Å²) in [7, 11) is 3.07. The van der Waals surface area contributed by atoms with Crippen LogP contribution < -0.4 is 14.8 Å². The van der Waals surface area contributed by atoms with Crippen LogP contribution in [0.25, 0.3) is 11.3 Å². The van der Waals surface area contributed by atoms with E-state index in [-0.39, 0.29) is 23.8 Å². The van der Waals surface area contributed by atoms with Crippen molar-refractivity contribution in [3.63, 3.8) is 0 Å². The summed E-state index contributed by atoms with van der Waals surface area (Å²) in [6.07, 6.45) is 0. The van der Waals surface area contributed by atoms with Gasteiger partial charge in [0.2, 0.25) is 0 Å². The first-order chi connectivity index (χ1) is 18.3. The summed E-state index contributed by atoms with van der Waals surface area (Å²) in [5.74, 6) is -0.973. The molecule has 3 aromatic carbocycles. The van der Waals surface area contributed by atoms with Crippen LogP contribution in [0.2, 0.25) is 0 Å². The summed E-state index contributed by atoms with van der Waals surface area (Å²) >= 11 is 0. The zero-order valence-corrected chi connectivity index (χ0v) is 21.7. The highest BCUT2D eigenvalue weighted by Gasteiger charge is 2.24. The number of carbonyl (C=O) groups excluding carboxylic acids is 2. The number of hydrogen-bond donors (Lipinski definition) is 1. The summed E-state index contributed by atoms with van der Waals surface area (Å²) < 4.78 is 32.4. The van der Waals surface area contributed by atoms with Crippen LogP contribution in [0.4, 0.5) is 10.1 Å². The van der Waals surface area contributed by atoms with Crippen LogP contribution >= 0.6 is 0 Å². The van der Waals surface area contributed by atoms with Crippen LogP contribution in [0.15, 0.2) is 72.8 Å². The highest BCUT2D eigenvalue weighted by Crippen LogP contribution is 2.33. The molecule has 7 nitrogen and oxygen atoms in total. The molecule has 1 N–H and O–H groups in total. The van der Waals surface area contributed by atoms with E-state index in [1.165, 1.54) is 19.2 Å². The molecule has 0 spiro atoms. The standard InChI is InChI=1S/C30H29FN2O5/c1-5-37-30(35)25-17-28(36-4)26(31)15-24(25)27-16-23(19(2)33(27)3)29(34)32-21-11-13-22(14-12-21)38-18-20-9-7-6-8-10-20/h6-17H,5,18H2,1-4H3,(H,32,34). The van der Waals surface area contributed by atoms with Crippen LogP contribution in [-0.4, -0.2) is 30.2 Å². The molecular weight excluding hydrogens is 487 g/mol. The maximum Gasteiger partial charge on any atom is 0.338 e. The zero-order valence-electron chi connectivity index (χ0n) is 21.7. The van der Waals surface area contributed by atoms with Crippen molar-refractivity contribution in [2.24, 2.45) is 7.05 Å². The van der Waals surface area contributed by atoms with Crippen molar-refractivity contribution in [3.8, 4) is 22.8 Å². The number of carbonyl (C=O) groups is 2. The number of hydrogen-bond acceptors (Lipinski definition) is 5. The SMILES string of the molecule is CCOC(=O)c1cc(OC)c(F)cc1-c1cc(C(=O)Nc2ccc(OCc3ccccc3)cc2)c(C)n1C. The van der Waals surface area contributed by atoms with Gasteiger partial charge in [0.1, 0.15) is 12.4 Å². The molecule has 0 bridgehead atoms. The van der Waals surface area contributed by atoms with Gasteiger partial charge in [-0.3, -0.25) is 4.79 Å². The smallest absolute Gasteiger partial charge is 0.338 e. The predicted molar refractivity (Wildman–Crippen MR) is 143 cm³/mol. The van der Waals surface area contributed by atoms with Crippen molar-refractivity contribution < 1.29 is 28.2 Å². The Hall–Kier alpha value is -4.59. The molecule has 8 heteroatoms. The fourth-order valence-corrected chi connectivity index (χ4v) is 4.06. The van der Waals surface area contributed by atoms with Crippen molar-refractivity contribution in [1.82, 2.24) is 4.57 Å². The molecule has 0 aliphatic heterocycles. The van der Waals surface area contributed by atoms with E-state index >= 15 is 0 Å². The Labute approximate surface area is 220 Å². The van der Waals surface area contributed by atoms with E-state index in [1.54, 1.807) is 55.8 Å². The van der Waals surface area contributed by atoms with Gasteiger partial charge in [-0.15, -0.1) is 0 Å². The zero-order chi connectivity index (χ0) is 27.2. The lowest BCUT2D eigenvalue weighted by Crippen LogP contribution is -2.12. The third kappa shape index (κ3) is 5.70. The lowest BCUT2D eigenvalue weighted by Gasteiger charge is -2.13. The van der Waals surface area contributed by atoms with Gasteiger partial charge in [-0.2, -0.15) is 0 Å². The molecule has 0 aliphatic carbocycles. The second-order valence-electron chi connectivity index (χ2n) is 8.59. The molecule has 0 fully saturated rings. The molecule has 0 unspecified atom stereocenters. The molecule has 0 radical (unpaired) electrons. The second kappa shape index (κ2) is 11.6. The highest BCUT2D eigenvalue weighted by atomic mass is 19.1. The Morgan fingerprint density at radius 3 is 2.34 bits per heavy atom. The third-order valence-electron chi connectivity index (χ3n) is 6.20. The number of halogens is 1. The molecule has 196 valence electrons. The number of ether oxygens (including phenoxy) is 3. The van der Waals surface area contributed by atoms with Gasteiger partial charge in [0.15, 0.2) is 11.6 Å². The minimum absolute atomic E-state index is 0.0723. The largest absolute Gasteiger partial charge is 0.494 e. The van der Waals surface area contributed by atoms with Crippen molar-refractivity contribution in [2.75, 3.05) is 19.0 Å². The first-order valence-corrected chi connectivity index (χ1v) is 12.1. The quantitative estimate of drug-likeness (QED) is 0.270. The number of aromatic nitrogens is 1. The first kappa shape index (κ1) is 26.5. The van der Waals surface area contributed by atoms with E-state index in [0.717, 1.165) is 5.56 Å². The van der Waals surface area contributed by atoms with Crippen molar-refractivity contribution in [3.05, 3.63) is 101 Å². The fourth-order valence-electron chi connectivity index (χ4n) is 4.06.